The zero-order valence-corrected chi connectivity index (χ0v) is 10.1. The first-order valence-corrected chi connectivity index (χ1v) is 6.27. The van der Waals surface area contributed by atoms with Gasteiger partial charge in [0.25, 0.3) is 11.6 Å². The zero-order valence-electron chi connectivity index (χ0n) is 9.30. The largest absolute Gasteiger partial charge is 0.393 e. The lowest BCUT2D eigenvalue weighted by atomic mass is 10.1. The number of carbonyl (C=O) groups excluding carboxylic acids is 1. The minimum atomic E-state index is -0.603. The number of hydrogen-bond acceptors (Lipinski definition) is 5. The molecule has 17 heavy (non-hydrogen) atoms. The van der Waals surface area contributed by atoms with Crippen molar-refractivity contribution < 1.29 is 9.72 Å². The van der Waals surface area contributed by atoms with Crippen molar-refractivity contribution in [3.05, 3.63) is 33.9 Å². The van der Waals surface area contributed by atoms with Gasteiger partial charge in [-0.15, -0.1) is 0 Å². The number of nitrogens with one attached hydrogen (secondary N) is 1. The van der Waals surface area contributed by atoms with Crippen molar-refractivity contribution >= 4 is 29.0 Å². The second kappa shape index (κ2) is 6.09. The maximum Gasteiger partial charge on any atom is 0.292 e. The molecule has 3 N–H and O–H groups in total. The van der Waals surface area contributed by atoms with Gasteiger partial charge in [-0.05, 0) is 12.3 Å². The Labute approximate surface area is 103 Å². The van der Waals surface area contributed by atoms with E-state index in [0.29, 0.717) is 6.54 Å². The van der Waals surface area contributed by atoms with Crippen molar-refractivity contribution in [2.24, 2.45) is 0 Å². The van der Waals surface area contributed by atoms with Gasteiger partial charge in [-0.1, -0.05) is 6.07 Å². The molecule has 0 aromatic heterocycles. The number of nitro groups is 1. The summed E-state index contributed by atoms with van der Waals surface area (Å²) in [4.78, 5) is 21.7. The van der Waals surface area contributed by atoms with Crippen LogP contribution < -0.4 is 11.1 Å². The Hall–Kier alpha value is -1.76. The summed E-state index contributed by atoms with van der Waals surface area (Å²) in [6.07, 6.45) is 1.92. The number of amides is 1. The van der Waals surface area contributed by atoms with Gasteiger partial charge >= 0.3 is 0 Å². The van der Waals surface area contributed by atoms with Crippen LogP contribution in [0.5, 0.6) is 0 Å². The molecule has 0 spiro atoms. The lowest BCUT2D eigenvalue weighted by molar-refractivity contribution is -0.383. The number of rotatable bonds is 5. The Morgan fingerprint density at radius 3 is 2.88 bits per heavy atom. The van der Waals surface area contributed by atoms with Gasteiger partial charge in [0, 0.05) is 18.4 Å². The molecule has 0 bridgehead atoms. The first kappa shape index (κ1) is 13.3. The average molecular weight is 255 g/mol. The van der Waals surface area contributed by atoms with Crippen LogP contribution in [0.25, 0.3) is 0 Å². The average Bonchev–Trinajstić information content (AvgIpc) is 2.29. The molecule has 1 aromatic carbocycles. The first-order chi connectivity index (χ1) is 8.07. The molecule has 0 saturated carbocycles. The zero-order chi connectivity index (χ0) is 12.8. The third-order valence-electron chi connectivity index (χ3n) is 2.12. The molecule has 92 valence electrons. The Bertz CT molecular complexity index is 437. The minimum Gasteiger partial charge on any atom is -0.393 e. The highest BCUT2D eigenvalue weighted by atomic mass is 32.2. The van der Waals surface area contributed by atoms with Gasteiger partial charge in [-0.3, -0.25) is 14.9 Å². The molecule has 0 atom stereocenters. The molecule has 0 aliphatic heterocycles. The van der Waals surface area contributed by atoms with E-state index in [1.807, 2.05) is 6.26 Å². The molecule has 0 unspecified atom stereocenters. The van der Waals surface area contributed by atoms with Crippen molar-refractivity contribution in [3.8, 4) is 0 Å². The number of carbonyl (C=O) groups is 1. The summed E-state index contributed by atoms with van der Waals surface area (Å²) in [5.41, 5.74) is 5.38. The van der Waals surface area contributed by atoms with Crippen LogP contribution in [-0.2, 0) is 0 Å². The number of nitro benzene ring substituents is 1. The van der Waals surface area contributed by atoms with E-state index in [9.17, 15) is 14.9 Å². The van der Waals surface area contributed by atoms with Gasteiger partial charge in [0.2, 0.25) is 0 Å². The monoisotopic (exact) mass is 255 g/mol. The molecule has 0 fully saturated rings. The van der Waals surface area contributed by atoms with Gasteiger partial charge in [-0.2, -0.15) is 11.8 Å². The van der Waals surface area contributed by atoms with E-state index in [2.05, 4.69) is 5.32 Å². The predicted octanol–water partition coefficient (Wildman–Crippen LogP) is 1.27. The highest BCUT2D eigenvalue weighted by Gasteiger charge is 2.18. The van der Waals surface area contributed by atoms with E-state index in [1.165, 1.54) is 18.2 Å². The van der Waals surface area contributed by atoms with Gasteiger partial charge in [0.1, 0.15) is 5.69 Å². The van der Waals surface area contributed by atoms with Crippen LogP contribution in [0, 0.1) is 10.1 Å². The summed E-state index contributed by atoms with van der Waals surface area (Å²) in [5.74, 6) is 0.390. The third kappa shape index (κ3) is 3.35. The summed E-state index contributed by atoms with van der Waals surface area (Å²) in [6, 6.07) is 4.18. The lowest BCUT2D eigenvalue weighted by Crippen LogP contribution is -2.26. The molecule has 0 saturated heterocycles. The fraction of sp³-hybridized carbons (Fsp3) is 0.300. The molecule has 0 aliphatic rings. The summed E-state index contributed by atoms with van der Waals surface area (Å²) in [7, 11) is 0. The number of thioether (sulfide) groups is 1. The summed E-state index contributed by atoms with van der Waals surface area (Å²) >= 11 is 1.60. The maximum absolute atomic E-state index is 11.7. The fourth-order valence-electron chi connectivity index (χ4n) is 1.27. The molecule has 0 heterocycles. The Kier molecular flexibility index (Phi) is 4.77. The van der Waals surface area contributed by atoms with Crippen LogP contribution in [0.3, 0.4) is 0 Å². The van der Waals surface area contributed by atoms with E-state index in [1.54, 1.807) is 11.8 Å². The second-order valence-electron chi connectivity index (χ2n) is 3.24. The maximum atomic E-state index is 11.7. The van der Waals surface area contributed by atoms with Gasteiger partial charge in [0.15, 0.2) is 0 Å². The number of nitrogen functional groups attached to an aromatic ring is 1. The van der Waals surface area contributed by atoms with Crippen molar-refractivity contribution in [2.45, 2.75) is 0 Å². The van der Waals surface area contributed by atoms with Gasteiger partial charge < -0.3 is 11.1 Å². The Balaban J connectivity index is 2.87. The molecule has 7 heteroatoms. The molecule has 0 radical (unpaired) electrons. The van der Waals surface area contributed by atoms with E-state index in [-0.39, 0.29) is 22.8 Å². The highest BCUT2D eigenvalue weighted by molar-refractivity contribution is 7.98. The predicted molar refractivity (Wildman–Crippen MR) is 68.2 cm³/mol. The minimum absolute atomic E-state index is 0.0980. The van der Waals surface area contributed by atoms with Gasteiger partial charge in [-0.25, -0.2) is 0 Å². The van der Waals surface area contributed by atoms with Crippen molar-refractivity contribution in [1.82, 2.24) is 5.32 Å². The standard InChI is InChI=1S/C10H13N3O3S/c1-17-6-5-12-10(14)7-3-2-4-8(9(7)11)13(15)16/h2-4H,5-6,11H2,1H3,(H,12,14). The first-order valence-electron chi connectivity index (χ1n) is 4.88. The van der Waals surface area contributed by atoms with Crippen molar-refractivity contribution in [2.75, 3.05) is 24.3 Å². The number of benzene rings is 1. The van der Waals surface area contributed by atoms with Crippen molar-refractivity contribution in [3.63, 3.8) is 0 Å². The molecule has 1 rings (SSSR count). The number of nitrogens with zero attached hydrogens (tertiary/aromatic N) is 1. The van der Waals surface area contributed by atoms with E-state index in [4.69, 9.17) is 5.73 Å². The van der Waals surface area contributed by atoms with E-state index >= 15 is 0 Å². The highest BCUT2D eigenvalue weighted by Crippen LogP contribution is 2.24. The number of hydrogen-bond donors (Lipinski definition) is 2. The van der Waals surface area contributed by atoms with E-state index < -0.39 is 4.92 Å². The second-order valence-corrected chi connectivity index (χ2v) is 4.23. The van der Waals surface area contributed by atoms with Crippen LogP contribution in [0.15, 0.2) is 18.2 Å². The molecule has 1 aromatic rings. The Morgan fingerprint density at radius 1 is 1.59 bits per heavy atom. The lowest BCUT2D eigenvalue weighted by Gasteiger charge is -2.06. The molecule has 6 nitrogen and oxygen atoms in total. The van der Waals surface area contributed by atoms with Crippen molar-refractivity contribution in [1.29, 1.82) is 0 Å². The number of anilines is 1. The third-order valence-corrected chi connectivity index (χ3v) is 2.73. The summed E-state index contributed by atoms with van der Waals surface area (Å²) < 4.78 is 0. The molecule has 1 amide bonds. The molecule has 0 aliphatic carbocycles. The normalized spacial score (nSPS) is 9.94. The summed E-state index contributed by atoms with van der Waals surface area (Å²) in [6.45, 7) is 0.502. The number of para-hydroxylation sites is 1. The fourth-order valence-corrected chi connectivity index (χ4v) is 1.58. The topological polar surface area (TPSA) is 98.3 Å². The van der Waals surface area contributed by atoms with Crippen LogP contribution >= 0.6 is 11.8 Å². The number of nitrogens with two attached hydrogens (primary N) is 1. The molecular weight excluding hydrogens is 242 g/mol. The summed E-state index contributed by atoms with van der Waals surface area (Å²) in [5, 5.41) is 13.3. The van der Waals surface area contributed by atoms with Gasteiger partial charge in [0.05, 0.1) is 10.5 Å². The van der Waals surface area contributed by atoms with Crippen LogP contribution in [0.2, 0.25) is 0 Å². The SMILES string of the molecule is CSCCNC(=O)c1cccc([N+](=O)[O-])c1N. The van der Waals surface area contributed by atoms with Crippen LogP contribution in [0.1, 0.15) is 10.4 Å². The Morgan fingerprint density at radius 2 is 2.29 bits per heavy atom. The van der Waals surface area contributed by atoms with E-state index in [0.717, 1.165) is 5.75 Å². The smallest absolute Gasteiger partial charge is 0.292 e. The van der Waals surface area contributed by atoms with Crippen LogP contribution in [0.4, 0.5) is 11.4 Å². The molecular formula is C10H13N3O3S. The van der Waals surface area contributed by atoms with Crippen LogP contribution in [-0.4, -0.2) is 29.4 Å². The quantitative estimate of drug-likeness (QED) is 0.357.